The zero-order valence-corrected chi connectivity index (χ0v) is 13.4. The molecule has 0 atom stereocenters. The molecule has 0 fully saturated rings. The van der Waals surface area contributed by atoms with Gasteiger partial charge in [-0.05, 0) is 35.9 Å². The number of fused-ring (bicyclic) bond motifs is 2. The van der Waals surface area contributed by atoms with E-state index in [0.29, 0.717) is 39.3 Å². The van der Waals surface area contributed by atoms with Gasteiger partial charge in [0.25, 0.3) is 0 Å². The summed E-state index contributed by atoms with van der Waals surface area (Å²) in [6.07, 6.45) is 0. The molecule has 0 spiro atoms. The predicted molar refractivity (Wildman–Crippen MR) is 95.8 cm³/mol. The van der Waals surface area contributed by atoms with E-state index in [1.165, 1.54) is 0 Å². The molecule has 0 saturated carbocycles. The lowest BCUT2D eigenvalue weighted by Gasteiger charge is -2.09. The highest BCUT2D eigenvalue weighted by Gasteiger charge is 2.13. The predicted octanol–water partition coefficient (Wildman–Crippen LogP) is 5.18. The molecule has 0 N–H and O–H groups in total. The summed E-state index contributed by atoms with van der Waals surface area (Å²) < 4.78 is 11.7. The van der Waals surface area contributed by atoms with Gasteiger partial charge in [0.05, 0.1) is 5.39 Å². The van der Waals surface area contributed by atoms with Gasteiger partial charge in [-0.2, -0.15) is 0 Å². The standard InChI is InChI=1S/C20H13ClO3/c21-14-9-10-16-15(11-14)20(22)19-17(7-4-8-18(19)24-16)23-12-13-5-2-1-3-6-13/h1-11H,12H2. The Kier molecular flexibility index (Phi) is 3.71. The van der Waals surface area contributed by atoms with E-state index in [4.69, 9.17) is 20.8 Å². The molecule has 0 aliphatic heterocycles. The number of rotatable bonds is 3. The first kappa shape index (κ1) is 14.8. The van der Waals surface area contributed by atoms with Gasteiger partial charge in [0.15, 0.2) is 0 Å². The highest BCUT2D eigenvalue weighted by Crippen LogP contribution is 2.27. The Morgan fingerprint density at radius 1 is 0.917 bits per heavy atom. The molecule has 24 heavy (non-hydrogen) atoms. The molecule has 0 aliphatic rings. The van der Waals surface area contributed by atoms with Gasteiger partial charge in [-0.3, -0.25) is 4.79 Å². The van der Waals surface area contributed by atoms with Crippen LogP contribution >= 0.6 is 11.6 Å². The van der Waals surface area contributed by atoms with Gasteiger partial charge in [0.1, 0.15) is 28.9 Å². The van der Waals surface area contributed by atoms with Crippen molar-refractivity contribution >= 4 is 33.5 Å². The van der Waals surface area contributed by atoms with Crippen molar-refractivity contribution in [3.63, 3.8) is 0 Å². The summed E-state index contributed by atoms with van der Waals surface area (Å²) in [6.45, 7) is 0.382. The smallest absolute Gasteiger partial charge is 0.204 e. The van der Waals surface area contributed by atoms with Crippen LogP contribution in [0.3, 0.4) is 0 Å². The maximum atomic E-state index is 12.9. The Balaban J connectivity index is 1.85. The summed E-state index contributed by atoms with van der Waals surface area (Å²) in [5, 5.41) is 1.38. The van der Waals surface area contributed by atoms with E-state index in [1.54, 1.807) is 30.3 Å². The highest BCUT2D eigenvalue weighted by molar-refractivity contribution is 6.31. The third-order valence-electron chi connectivity index (χ3n) is 3.86. The summed E-state index contributed by atoms with van der Waals surface area (Å²) in [6, 6.07) is 20.2. The maximum absolute atomic E-state index is 12.9. The van der Waals surface area contributed by atoms with Crippen molar-refractivity contribution in [2.75, 3.05) is 0 Å². The van der Waals surface area contributed by atoms with Crippen LogP contribution in [0, 0.1) is 0 Å². The second-order valence-electron chi connectivity index (χ2n) is 5.48. The molecule has 1 aromatic heterocycles. The summed E-state index contributed by atoms with van der Waals surface area (Å²) in [7, 11) is 0. The van der Waals surface area contributed by atoms with Crippen LogP contribution in [0.1, 0.15) is 5.56 Å². The minimum atomic E-state index is -0.141. The zero-order chi connectivity index (χ0) is 16.5. The number of halogens is 1. The summed E-state index contributed by atoms with van der Waals surface area (Å²) >= 11 is 6.01. The van der Waals surface area contributed by atoms with Crippen molar-refractivity contribution in [2.24, 2.45) is 0 Å². The second kappa shape index (κ2) is 6.02. The lowest BCUT2D eigenvalue weighted by Crippen LogP contribution is -2.05. The van der Waals surface area contributed by atoms with Crippen LogP contribution in [0.5, 0.6) is 5.75 Å². The second-order valence-corrected chi connectivity index (χ2v) is 5.91. The summed E-state index contributed by atoms with van der Waals surface area (Å²) in [5.74, 6) is 0.506. The molecule has 0 amide bonds. The molecule has 0 radical (unpaired) electrons. The number of hydrogen-bond acceptors (Lipinski definition) is 3. The van der Waals surface area contributed by atoms with E-state index in [-0.39, 0.29) is 5.43 Å². The molecular weight excluding hydrogens is 324 g/mol. The van der Waals surface area contributed by atoms with Gasteiger partial charge in [-0.1, -0.05) is 48.0 Å². The highest BCUT2D eigenvalue weighted by atomic mass is 35.5. The van der Waals surface area contributed by atoms with Gasteiger partial charge in [0.2, 0.25) is 5.43 Å². The lowest BCUT2D eigenvalue weighted by atomic mass is 10.1. The molecular formula is C20H13ClO3. The average molecular weight is 337 g/mol. The fourth-order valence-corrected chi connectivity index (χ4v) is 2.87. The van der Waals surface area contributed by atoms with Gasteiger partial charge in [-0.25, -0.2) is 0 Å². The summed E-state index contributed by atoms with van der Waals surface area (Å²) in [5.41, 5.74) is 1.90. The quantitative estimate of drug-likeness (QED) is 0.484. The minimum Gasteiger partial charge on any atom is -0.488 e. The van der Waals surface area contributed by atoms with E-state index in [0.717, 1.165) is 5.56 Å². The van der Waals surface area contributed by atoms with Crippen molar-refractivity contribution in [2.45, 2.75) is 6.61 Å². The fraction of sp³-hybridized carbons (Fsp3) is 0.0500. The topological polar surface area (TPSA) is 39.4 Å². The van der Waals surface area contributed by atoms with Crippen LogP contribution in [0.2, 0.25) is 5.02 Å². The van der Waals surface area contributed by atoms with E-state index < -0.39 is 0 Å². The third kappa shape index (κ3) is 2.63. The SMILES string of the molecule is O=c1c2cc(Cl)ccc2oc2cccc(OCc3ccccc3)c12. The normalized spacial score (nSPS) is 11.0. The van der Waals surface area contributed by atoms with E-state index in [1.807, 2.05) is 36.4 Å². The first-order valence-corrected chi connectivity index (χ1v) is 7.92. The van der Waals surface area contributed by atoms with Crippen LogP contribution in [-0.4, -0.2) is 0 Å². The van der Waals surface area contributed by atoms with Crippen molar-refractivity contribution < 1.29 is 9.15 Å². The molecule has 0 bridgehead atoms. The lowest BCUT2D eigenvalue weighted by molar-refractivity contribution is 0.309. The van der Waals surface area contributed by atoms with Crippen LogP contribution in [0.15, 0.2) is 75.9 Å². The monoisotopic (exact) mass is 336 g/mol. The molecule has 0 saturated heterocycles. The Labute approximate surface area is 143 Å². The molecule has 4 rings (SSSR count). The molecule has 1 heterocycles. The Morgan fingerprint density at radius 2 is 1.75 bits per heavy atom. The molecule has 3 aromatic carbocycles. The van der Waals surface area contributed by atoms with Gasteiger partial charge in [0, 0.05) is 5.02 Å². The van der Waals surface area contributed by atoms with Crippen LogP contribution in [0.25, 0.3) is 21.9 Å². The summed E-state index contributed by atoms with van der Waals surface area (Å²) in [4.78, 5) is 12.9. The Hall–Kier alpha value is -2.78. The number of hydrogen-bond donors (Lipinski definition) is 0. The molecule has 0 aliphatic carbocycles. The van der Waals surface area contributed by atoms with E-state index in [9.17, 15) is 4.79 Å². The molecule has 4 heteroatoms. The van der Waals surface area contributed by atoms with E-state index in [2.05, 4.69) is 0 Å². The third-order valence-corrected chi connectivity index (χ3v) is 4.09. The van der Waals surface area contributed by atoms with Crippen LogP contribution in [0.4, 0.5) is 0 Å². The molecule has 0 unspecified atom stereocenters. The Bertz CT molecular complexity index is 1080. The van der Waals surface area contributed by atoms with Gasteiger partial charge < -0.3 is 9.15 Å². The van der Waals surface area contributed by atoms with Crippen LogP contribution in [-0.2, 0) is 6.61 Å². The Morgan fingerprint density at radius 3 is 2.58 bits per heavy atom. The first-order valence-electron chi connectivity index (χ1n) is 7.54. The van der Waals surface area contributed by atoms with E-state index >= 15 is 0 Å². The molecule has 118 valence electrons. The van der Waals surface area contributed by atoms with Crippen molar-refractivity contribution in [1.82, 2.24) is 0 Å². The minimum absolute atomic E-state index is 0.141. The first-order chi connectivity index (χ1) is 11.7. The largest absolute Gasteiger partial charge is 0.488 e. The number of ether oxygens (including phenoxy) is 1. The molecule has 4 aromatic rings. The van der Waals surface area contributed by atoms with Crippen molar-refractivity contribution in [3.05, 3.63) is 87.5 Å². The molecule has 3 nitrogen and oxygen atoms in total. The van der Waals surface area contributed by atoms with Gasteiger partial charge >= 0.3 is 0 Å². The van der Waals surface area contributed by atoms with Crippen molar-refractivity contribution in [1.29, 1.82) is 0 Å². The maximum Gasteiger partial charge on any atom is 0.204 e. The van der Waals surface area contributed by atoms with Crippen LogP contribution < -0.4 is 10.2 Å². The zero-order valence-electron chi connectivity index (χ0n) is 12.7. The van der Waals surface area contributed by atoms with Crippen molar-refractivity contribution in [3.8, 4) is 5.75 Å². The number of benzene rings is 3. The van der Waals surface area contributed by atoms with Gasteiger partial charge in [-0.15, -0.1) is 0 Å². The fourth-order valence-electron chi connectivity index (χ4n) is 2.70. The average Bonchev–Trinajstić information content (AvgIpc) is 2.61.